The zero-order valence-corrected chi connectivity index (χ0v) is 24.3. The lowest BCUT2D eigenvalue weighted by atomic mass is 10.0. The minimum absolute atomic E-state index is 0.234. The summed E-state index contributed by atoms with van der Waals surface area (Å²) in [5, 5.41) is 9.07. The Morgan fingerprint density at radius 2 is 1.45 bits per heavy atom. The van der Waals surface area contributed by atoms with E-state index in [-0.39, 0.29) is 6.17 Å². The highest BCUT2D eigenvalue weighted by atomic mass is 32.1. The molecular weight excluding hydrogens is 561 g/mol. The van der Waals surface area contributed by atoms with E-state index in [0.29, 0.717) is 0 Å². The van der Waals surface area contributed by atoms with Crippen molar-refractivity contribution in [1.29, 1.82) is 0 Å². The van der Waals surface area contributed by atoms with E-state index in [9.17, 15) is 0 Å². The fourth-order valence-electron chi connectivity index (χ4n) is 6.01. The molecule has 0 fully saturated rings. The molecule has 0 bridgehead atoms. The highest BCUT2D eigenvalue weighted by Crippen LogP contribution is 2.40. The monoisotopic (exact) mass is 584 g/mol. The molecule has 1 unspecified atom stereocenters. The SMILES string of the molecule is c1ccc(C2=NC(c3ccccc3)NC(c3ccc4c(ccc5nc(-c6cccc7c6oc6ccccc67)sc54)c3)=N2)cc1. The van der Waals surface area contributed by atoms with Crippen LogP contribution in [0.15, 0.2) is 148 Å². The molecule has 2 aromatic heterocycles. The average Bonchev–Trinajstić information content (AvgIpc) is 3.71. The van der Waals surface area contributed by atoms with Crippen molar-refractivity contribution in [3.8, 4) is 10.6 Å². The number of rotatable bonds is 4. The molecule has 0 radical (unpaired) electrons. The van der Waals surface area contributed by atoms with Crippen LogP contribution in [0.5, 0.6) is 0 Å². The molecule has 0 aliphatic carbocycles. The molecule has 0 saturated carbocycles. The van der Waals surface area contributed by atoms with Gasteiger partial charge in [-0.25, -0.2) is 15.0 Å². The maximum absolute atomic E-state index is 6.32. The van der Waals surface area contributed by atoms with Crippen LogP contribution in [0.2, 0.25) is 0 Å². The Labute approximate surface area is 256 Å². The third kappa shape index (κ3) is 4.11. The highest BCUT2D eigenvalue weighted by Gasteiger charge is 2.22. The van der Waals surface area contributed by atoms with Gasteiger partial charge in [-0.3, -0.25) is 0 Å². The summed E-state index contributed by atoms with van der Waals surface area (Å²) < 4.78 is 7.48. The molecular formula is C38H24N4OS. The molecule has 208 valence electrons. The van der Waals surface area contributed by atoms with Gasteiger partial charge in [0, 0.05) is 27.3 Å². The second kappa shape index (κ2) is 10.0. The van der Waals surface area contributed by atoms with Gasteiger partial charge in [-0.1, -0.05) is 109 Å². The third-order valence-corrected chi connectivity index (χ3v) is 9.31. The summed E-state index contributed by atoms with van der Waals surface area (Å²) in [7, 11) is 0. The van der Waals surface area contributed by atoms with Gasteiger partial charge in [0.2, 0.25) is 0 Å². The first kappa shape index (κ1) is 25.0. The van der Waals surface area contributed by atoms with E-state index < -0.39 is 0 Å². The fraction of sp³-hybridized carbons (Fsp3) is 0.0263. The average molecular weight is 585 g/mol. The molecule has 0 saturated heterocycles. The van der Waals surface area contributed by atoms with Crippen LogP contribution >= 0.6 is 11.3 Å². The minimum atomic E-state index is -0.234. The van der Waals surface area contributed by atoms with Gasteiger partial charge in [-0.05, 0) is 35.2 Å². The first-order valence-electron chi connectivity index (χ1n) is 14.6. The van der Waals surface area contributed by atoms with Gasteiger partial charge in [0.1, 0.15) is 28.2 Å². The van der Waals surface area contributed by atoms with Crippen LogP contribution in [0, 0.1) is 0 Å². The van der Waals surface area contributed by atoms with Gasteiger partial charge in [0.25, 0.3) is 0 Å². The lowest BCUT2D eigenvalue weighted by Crippen LogP contribution is -2.33. The van der Waals surface area contributed by atoms with Crippen molar-refractivity contribution >= 4 is 65.9 Å². The Morgan fingerprint density at radius 1 is 0.659 bits per heavy atom. The maximum atomic E-state index is 6.32. The molecule has 9 rings (SSSR count). The van der Waals surface area contributed by atoms with Crippen molar-refractivity contribution in [3.05, 3.63) is 150 Å². The molecule has 6 aromatic carbocycles. The number of furan rings is 1. The molecule has 44 heavy (non-hydrogen) atoms. The largest absolute Gasteiger partial charge is 0.455 e. The normalized spacial score (nSPS) is 15.0. The second-order valence-corrected chi connectivity index (χ2v) is 11.9. The topological polar surface area (TPSA) is 62.8 Å². The summed E-state index contributed by atoms with van der Waals surface area (Å²) in [4.78, 5) is 15.0. The lowest BCUT2D eigenvalue weighted by molar-refractivity contribution is 0.670. The Hall–Kier alpha value is -5.59. The quantitative estimate of drug-likeness (QED) is 0.224. The molecule has 5 nitrogen and oxygen atoms in total. The molecule has 1 atom stereocenters. The van der Waals surface area contributed by atoms with E-state index in [1.165, 1.54) is 5.39 Å². The molecule has 0 spiro atoms. The zero-order valence-electron chi connectivity index (χ0n) is 23.4. The summed E-state index contributed by atoms with van der Waals surface area (Å²) in [6.45, 7) is 0. The van der Waals surface area contributed by atoms with Crippen molar-refractivity contribution in [3.63, 3.8) is 0 Å². The molecule has 1 aliphatic heterocycles. The van der Waals surface area contributed by atoms with Crippen LogP contribution in [0.4, 0.5) is 0 Å². The number of thiazole rings is 1. The van der Waals surface area contributed by atoms with Crippen LogP contribution in [-0.2, 0) is 0 Å². The van der Waals surface area contributed by atoms with E-state index in [2.05, 4.69) is 84.2 Å². The van der Waals surface area contributed by atoms with Crippen molar-refractivity contribution in [2.45, 2.75) is 6.17 Å². The van der Waals surface area contributed by atoms with E-state index >= 15 is 0 Å². The Bertz CT molecular complexity index is 2420. The summed E-state index contributed by atoms with van der Waals surface area (Å²) in [6, 6.07) is 45.7. The number of para-hydroxylation sites is 2. The lowest BCUT2D eigenvalue weighted by Gasteiger charge is -2.23. The van der Waals surface area contributed by atoms with Gasteiger partial charge in [0.15, 0.2) is 5.84 Å². The number of nitrogens with one attached hydrogen (secondary N) is 1. The highest BCUT2D eigenvalue weighted by molar-refractivity contribution is 7.22. The smallest absolute Gasteiger partial charge is 0.159 e. The van der Waals surface area contributed by atoms with Gasteiger partial charge in [-0.15, -0.1) is 11.3 Å². The van der Waals surface area contributed by atoms with E-state index in [1.807, 2.05) is 54.6 Å². The molecule has 6 heteroatoms. The predicted molar refractivity (Wildman–Crippen MR) is 182 cm³/mol. The Balaban J connectivity index is 1.14. The van der Waals surface area contributed by atoms with Crippen molar-refractivity contribution < 1.29 is 4.42 Å². The number of nitrogens with zero attached hydrogens (tertiary/aromatic N) is 3. The first-order valence-corrected chi connectivity index (χ1v) is 15.4. The minimum Gasteiger partial charge on any atom is -0.455 e. The van der Waals surface area contributed by atoms with Gasteiger partial charge < -0.3 is 9.73 Å². The van der Waals surface area contributed by atoms with Crippen LogP contribution in [0.25, 0.3) is 53.5 Å². The van der Waals surface area contributed by atoms with Gasteiger partial charge in [0.05, 0.1) is 15.8 Å². The molecule has 0 amide bonds. The second-order valence-electron chi connectivity index (χ2n) is 10.9. The summed E-state index contributed by atoms with van der Waals surface area (Å²) >= 11 is 1.71. The van der Waals surface area contributed by atoms with E-state index in [1.54, 1.807) is 11.3 Å². The van der Waals surface area contributed by atoms with Crippen LogP contribution < -0.4 is 5.32 Å². The van der Waals surface area contributed by atoms with Gasteiger partial charge >= 0.3 is 0 Å². The van der Waals surface area contributed by atoms with Crippen LogP contribution in [0.3, 0.4) is 0 Å². The Morgan fingerprint density at radius 3 is 2.34 bits per heavy atom. The molecule has 3 heterocycles. The number of hydrogen-bond acceptors (Lipinski definition) is 6. The van der Waals surface area contributed by atoms with Gasteiger partial charge in [-0.2, -0.15) is 0 Å². The van der Waals surface area contributed by atoms with Crippen LogP contribution in [0.1, 0.15) is 22.9 Å². The number of aromatic nitrogens is 1. The van der Waals surface area contributed by atoms with Crippen LogP contribution in [-0.4, -0.2) is 16.7 Å². The number of amidine groups is 2. The van der Waals surface area contributed by atoms with E-state index in [4.69, 9.17) is 19.4 Å². The van der Waals surface area contributed by atoms with E-state index in [0.717, 1.165) is 76.5 Å². The predicted octanol–water partition coefficient (Wildman–Crippen LogP) is 9.51. The fourth-order valence-corrected chi connectivity index (χ4v) is 7.13. The molecule has 8 aromatic rings. The summed E-state index contributed by atoms with van der Waals surface area (Å²) in [5.41, 5.74) is 6.86. The number of benzene rings is 6. The first-order chi connectivity index (χ1) is 21.8. The molecule has 1 N–H and O–H groups in total. The summed E-state index contributed by atoms with van der Waals surface area (Å²) in [6.07, 6.45) is -0.234. The van der Waals surface area contributed by atoms with Crippen molar-refractivity contribution in [1.82, 2.24) is 10.3 Å². The number of hydrogen-bond donors (Lipinski definition) is 1. The zero-order chi connectivity index (χ0) is 29.0. The van der Waals surface area contributed by atoms with Crippen molar-refractivity contribution in [2.75, 3.05) is 0 Å². The maximum Gasteiger partial charge on any atom is 0.159 e. The summed E-state index contributed by atoms with van der Waals surface area (Å²) in [5.74, 6) is 1.52. The Kier molecular flexibility index (Phi) is 5.67. The molecule has 1 aliphatic rings. The van der Waals surface area contributed by atoms with Crippen molar-refractivity contribution in [2.24, 2.45) is 9.98 Å². The third-order valence-electron chi connectivity index (χ3n) is 8.17. The number of fused-ring (bicyclic) bond motifs is 6. The standard InChI is InChI=1S/C38H24N4OS/c1-3-10-23(11-4-1)35-40-36(24-12-5-2-6-13-24)42-37(41-35)26-18-20-27-25(22-26)19-21-31-34(27)44-38(39-31)30-16-9-15-29-28-14-7-8-17-32(28)43-33(29)30/h1-22,35H,(H,40,41,42). The number of aliphatic imine (C=N–C) groups is 2.